The molecule has 1 rings (SSSR count). The summed E-state index contributed by atoms with van der Waals surface area (Å²) >= 11 is 0. The van der Waals surface area contributed by atoms with E-state index >= 15 is 0 Å². The van der Waals surface area contributed by atoms with Crippen LogP contribution in [0.4, 0.5) is 0 Å². The molecule has 1 aliphatic heterocycles. The highest BCUT2D eigenvalue weighted by molar-refractivity contribution is 5.77. The molecule has 4 nitrogen and oxygen atoms in total. The molecule has 1 heterocycles. The van der Waals surface area contributed by atoms with Crippen LogP contribution in [-0.4, -0.2) is 18.5 Å². The van der Waals surface area contributed by atoms with Crippen LogP contribution in [0.2, 0.25) is 0 Å². The molecule has 72 valence electrons. The molecule has 0 amide bonds. The van der Waals surface area contributed by atoms with Gasteiger partial charge in [0.25, 0.3) is 0 Å². The molecule has 0 saturated heterocycles. The van der Waals surface area contributed by atoms with Crippen molar-refractivity contribution in [3.8, 4) is 0 Å². The van der Waals surface area contributed by atoms with Gasteiger partial charge in [-0.2, -0.15) is 0 Å². The highest BCUT2D eigenvalue weighted by atomic mass is 16.6. The van der Waals surface area contributed by atoms with Crippen LogP contribution in [0.25, 0.3) is 0 Å². The third-order valence-electron chi connectivity index (χ3n) is 1.78. The lowest BCUT2D eigenvalue weighted by atomic mass is 10.2. The Labute approximate surface area is 76.5 Å². The van der Waals surface area contributed by atoms with Crippen molar-refractivity contribution in [3.05, 3.63) is 11.3 Å². The first-order valence-corrected chi connectivity index (χ1v) is 4.18. The Morgan fingerprint density at radius 3 is 2.77 bits per heavy atom. The van der Waals surface area contributed by atoms with Crippen molar-refractivity contribution in [1.82, 2.24) is 0 Å². The van der Waals surface area contributed by atoms with Crippen molar-refractivity contribution < 1.29 is 19.1 Å². The topological polar surface area (TPSA) is 52.6 Å². The van der Waals surface area contributed by atoms with E-state index < -0.39 is 0 Å². The second-order valence-corrected chi connectivity index (χ2v) is 2.87. The van der Waals surface area contributed by atoms with E-state index in [4.69, 9.17) is 9.47 Å². The molecule has 0 radical (unpaired) electrons. The number of carbonyl (C=O) groups excluding carboxylic acids is 2. The summed E-state index contributed by atoms with van der Waals surface area (Å²) in [6.07, 6.45) is 0.638. The average molecular weight is 184 g/mol. The maximum absolute atomic E-state index is 10.8. The fourth-order valence-electron chi connectivity index (χ4n) is 0.976. The molecular weight excluding hydrogens is 172 g/mol. The highest BCUT2D eigenvalue weighted by Gasteiger charge is 2.21. The van der Waals surface area contributed by atoms with Crippen LogP contribution in [0.1, 0.15) is 26.7 Å². The summed E-state index contributed by atoms with van der Waals surface area (Å²) < 4.78 is 9.65. The minimum Gasteiger partial charge on any atom is -0.457 e. The first-order chi connectivity index (χ1) is 6.13. The Balaban J connectivity index is 2.41. The normalized spacial score (nSPS) is 16.0. The molecule has 0 spiro atoms. The third kappa shape index (κ3) is 2.57. The summed E-state index contributed by atoms with van der Waals surface area (Å²) in [5, 5.41) is 0. The number of ether oxygens (including phenoxy) is 2. The summed E-state index contributed by atoms with van der Waals surface area (Å²) in [4.78, 5) is 21.5. The van der Waals surface area contributed by atoms with Gasteiger partial charge >= 0.3 is 11.9 Å². The predicted molar refractivity (Wildman–Crippen MR) is 44.7 cm³/mol. The SMILES string of the molecule is CCC(=O)OCC1=C(C)CC(=O)O1. The predicted octanol–water partition coefficient (Wildman–Crippen LogP) is 1.16. The lowest BCUT2D eigenvalue weighted by Gasteiger charge is -2.03. The highest BCUT2D eigenvalue weighted by Crippen LogP contribution is 2.19. The fourth-order valence-corrected chi connectivity index (χ4v) is 0.976. The van der Waals surface area contributed by atoms with Crippen molar-refractivity contribution in [2.24, 2.45) is 0 Å². The van der Waals surface area contributed by atoms with Crippen LogP contribution >= 0.6 is 0 Å². The third-order valence-corrected chi connectivity index (χ3v) is 1.78. The van der Waals surface area contributed by atoms with Gasteiger partial charge in [-0.25, -0.2) is 0 Å². The molecule has 0 aromatic carbocycles. The monoisotopic (exact) mass is 184 g/mol. The molecule has 13 heavy (non-hydrogen) atoms. The zero-order valence-corrected chi connectivity index (χ0v) is 7.75. The Kier molecular flexibility index (Phi) is 3.06. The molecule has 0 atom stereocenters. The minimum atomic E-state index is -0.289. The Morgan fingerprint density at radius 2 is 2.31 bits per heavy atom. The van der Waals surface area contributed by atoms with E-state index in [1.54, 1.807) is 13.8 Å². The summed E-state index contributed by atoms with van der Waals surface area (Å²) in [5.41, 5.74) is 0.842. The van der Waals surface area contributed by atoms with Crippen molar-refractivity contribution in [2.75, 3.05) is 6.61 Å². The molecule has 0 saturated carbocycles. The molecular formula is C9H12O4. The minimum absolute atomic E-state index is 0.0737. The van der Waals surface area contributed by atoms with Crippen molar-refractivity contribution in [3.63, 3.8) is 0 Å². The van der Waals surface area contributed by atoms with Gasteiger partial charge < -0.3 is 9.47 Å². The largest absolute Gasteiger partial charge is 0.457 e. The van der Waals surface area contributed by atoms with Crippen LogP contribution in [0.5, 0.6) is 0 Å². The number of cyclic esters (lactones) is 1. The molecule has 0 bridgehead atoms. The van der Waals surface area contributed by atoms with Crippen LogP contribution in [0, 0.1) is 0 Å². The summed E-state index contributed by atoms with van der Waals surface area (Å²) in [5.74, 6) is -0.0879. The van der Waals surface area contributed by atoms with Gasteiger partial charge in [-0.1, -0.05) is 6.92 Å². The first kappa shape index (κ1) is 9.77. The van der Waals surface area contributed by atoms with E-state index in [2.05, 4.69) is 0 Å². The zero-order valence-electron chi connectivity index (χ0n) is 7.75. The van der Waals surface area contributed by atoms with Gasteiger partial charge in [0.1, 0.15) is 12.4 Å². The standard InChI is InChI=1S/C9H12O4/c1-3-8(10)12-5-7-6(2)4-9(11)13-7/h3-5H2,1-2H3. The molecule has 0 aromatic rings. The smallest absolute Gasteiger partial charge is 0.315 e. The fraction of sp³-hybridized carbons (Fsp3) is 0.556. The number of carbonyl (C=O) groups is 2. The van der Waals surface area contributed by atoms with Crippen molar-refractivity contribution >= 4 is 11.9 Å². The van der Waals surface area contributed by atoms with E-state index in [-0.39, 0.29) is 18.5 Å². The van der Waals surface area contributed by atoms with Gasteiger partial charge in [-0.05, 0) is 12.5 Å². The first-order valence-electron chi connectivity index (χ1n) is 4.18. The number of rotatable bonds is 3. The Morgan fingerprint density at radius 1 is 1.62 bits per heavy atom. The van der Waals surface area contributed by atoms with Crippen molar-refractivity contribution in [2.45, 2.75) is 26.7 Å². The van der Waals surface area contributed by atoms with E-state index in [0.717, 1.165) is 5.57 Å². The lowest BCUT2D eigenvalue weighted by Crippen LogP contribution is -2.07. The average Bonchev–Trinajstić information content (AvgIpc) is 2.41. The van der Waals surface area contributed by atoms with Crippen LogP contribution < -0.4 is 0 Å². The van der Waals surface area contributed by atoms with Gasteiger partial charge in [0.05, 0.1) is 6.42 Å². The molecule has 0 aliphatic carbocycles. The number of esters is 2. The van der Waals surface area contributed by atoms with E-state index in [0.29, 0.717) is 18.6 Å². The quantitative estimate of drug-likeness (QED) is 0.617. The molecule has 0 fully saturated rings. The van der Waals surface area contributed by atoms with Gasteiger partial charge in [0.2, 0.25) is 0 Å². The summed E-state index contributed by atoms with van der Waals surface area (Å²) in [6.45, 7) is 3.58. The molecule has 1 aliphatic rings. The van der Waals surface area contributed by atoms with E-state index in [1.165, 1.54) is 0 Å². The van der Waals surface area contributed by atoms with Gasteiger partial charge in [-0.15, -0.1) is 0 Å². The molecule has 4 heteroatoms. The molecule has 0 unspecified atom stereocenters. The van der Waals surface area contributed by atoms with Gasteiger partial charge in [0.15, 0.2) is 0 Å². The van der Waals surface area contributed by atoms with Crippen molar-refractivity contribution in [1.29, 1.82) is 0 Å². The molecule has 0 N–H and O–H groups in total. The summed E-state index contributed by atoms with van der Waals surface area (Å²) in [6, 6.07) is 0. The van der Waals surface area contributed by atoms with Gasteiger partial charge in [0, 0.05) is 6.42 Å². The maximum Gasteiger partial charge on any atom is 0.315 e. The lowest BCUT2D eigenvalue weighted by molar-refractivity contribution is -0.146. The maximum atomic E-state index is 10.8. The number of hydrogen-bond acceptors (Lipinski definition) is 4. The van der Waals surface area contributed by atoms with E-state index in [9.17, 15) is 9.59 Å². The van der Waals surface area contributed by atoms with E-state index in [1.807, 2.05) is 0 Å². The Bertz CT molecular complexity index is 265. The van der Waals surface area contributed by atoms with Crippen LogP contribution in [-0.2, 0) is 19.1 Å². The number of hydrogen-bond donors (Lipinski definition) is 0. The summed E-state index contributed by atoms with van der Waals surface area (Å²) in [7, 11) is 0. The Hall–Kier alpha value is -1.32. The van der Waals surface area contributed by atoms with Crippen LogP contribution in [0.15, 0.2) is 11.3 Å². The van der Waals surface area contributed by atoms with Gasteiger partial charge in [-0.3, -0.25) is 9.59 Å². The second kappa shape index (κ2) is 4.07. The zero-order chi connectivity index (χ0) is 9.84. The van der Waals surface area contributed by atoms with Crippen LogP contribution in [0.3, 0.4) is 0 Å². The molecule has 0 aromatic heterocycles. The second-order valence-electron chi connectivity index (χ2n) is 2.87.